The molecule has 100 valence electrons. The molecule has 0 amide bonds. The van der Waals surface area contributed by atoms with Crippen molar-refractivity contribution < 1.29 is 5.11 Å². The Morgan fingerprint density at radius 1 is 1.28 bits per heavy atom. The molecule has 1 N–H and O–H groups in total. The van der Waals surface area contributed by atoms with Crippen LogP contribution in [0.3, 0.4) is 0 Å². The van der Waals surface area contributed by atoms with Crippen LogP contribution in [-0.4, -0.2) is 28.7 Å². The van der Waals surface area contributed by atoms with Crippen molar-refractivity contribution in [1.29, 1.82) is 0 Å². The summed E-state index contributed by atoms with van der Waals surface area (Å²) in [6.07, 6.45) is 5.96. The van der Waals surface area contributed by atoms with Crippen LogP contribution in [0.5, 0.6) is 0 Å². The molecule has 3 atom stereocenters. The third-order valence-electron chi connectivity index (χ3n) is 4.43. The molecule has 0 aromatic carbocycles. The molecular weight excluding hydrogens is 310 g/mol. The molecule has 1 aliphatic carbocycles. The first kappa shape index (κ1) is 13.1. The number of hydrogen-bond donors (Lipinski definition) is 1. The Balaban J connectivity index is 1.67. The molecule has 0 radical (unpaired) electrons. The molecule has 1 aromatic rings. The van der Waals surface area contributed by atoms with Gasteiger partial charge in [0.05, 0.1) is 9.89 Å². The van der Waals surface area contributed by atoms with Gasteiger partial charge in [0.2, 0.25) is 0 Å². The monoisotopic (exact) mass is 329 g/mol. The van der Waals surface area contributed by atoms with Crippen molar-refractivity contribution in [2.45, 2.75) is 50.8 Å². The number of likely N-dealkylation sites (tertiary alicyclic amines) is 1. The molecular formula is C14H20BrNOS. The van der Waals surface area contributed by atoms with Gasteiger partial charge in [-0.05, 0) is 60.3 Å². The lowest BCUT2D eigenvalue weighted by molar-refractivity contribution is 0.0722. The molecule has 2 fully saturated rings. The van der Waals surface area contributed by atoms with Crippen LogP contribution in [0, 0.1) is 5.92 Å². The van der Waals surface area contributed by atoms with E-state index < -0.39 is 0 Å². The fraction of sp³-hybridized carbons (Fsp3) is 0.714. The summed E-state index contributed by atoms with van der Waals surface area (Å²) < 4.78 is 1.22. The summed E-state index contributed by atoms with van der Waals surface area (Å²) in [6.45, 7) is 2.26. The van der Waals surface area contributed by atoms with E-state index in [1.165, 1.54) is 40.9 Å². The van der Waals surface area contributed by atoms with E-state index in [2.05, 4.69) is 33.0 Å². The summed E-state index contributed by atoms with van der Waals surface area (Å²) in [5.74, 6) is 0.524. The van der Waals surface area contributed by atoms with Crippen molar-refractivity contribution in [2.24, 2.45) is 5.92 Å². The van der Waals surface area contributed by atoms with Crippen molar-refractivity contribution in [1.82, 2.24) is 4.90 Å². The highest BCUT2D eigenvalue weighted by molar-refractivity contribution is 9.11. The van der Waals surface area contributed by atoms with Gasteiger partial charge in [-0.25, -0.2) is 0 Å². The van der Waals surface area contributed by atoms with Crippen LogP contribution in [-0.2, 0) is 6.54 Å². The first-order valence-corrected chi connectivity index (χ1v) is 8.51. The fourth-order valence-corrected chi connectivity index (χ4v) is 5.10. The van der Waals surface area contributed by atoms with Gasteiger partial charge in [0.25, 0.3) is 0 Å². The third-order valence-corrected chi connectivity index (χ3v) is 6.04. The number of nitrogens with zero attached hydrogens (tertiary/aromatic N) is 1. The number of thiophene rings is 1. The standard InChI is InChI=1S/C14H20BrNOS/c15-14-7-6-10(18-14)9-16-8-2-4-12(16)11-3-1-5-13(11)17/h6-7,11-13,17H,1-5,8-9H2. The van der Waals surface area contributed by atoms with Crippen molar-refractivity contribution in [3.05, 3.63) is 20.8 Å². The average Bonchev–Trinajstić information content (AvgIpc) is 3.02. The molecule has 2 nitrogen and oxygen atoms in total. The SMILES string of the molecule is OC1CCCC1C1CCCN1Cc1ccc(Br)s1. The average molecular weight is 330 g/mol. The quantitative estimate of drug-likeness (QED) is 0.915. The minimum absolute atomic E-state index is 0.0503. The Morgan fingerprint density at radius 3 is 2.83 bits per heavy atom. The Bertz CT molecular complexity index is 408. The number of rotatable bonds is 3. The summed E-state index contributed by atoms with van der Waals surface area (Å²) in [6, 6.07) is 4.97. The van der Waals surface area contributed by atoms with Crippen molar-refractivity contribution in [3.8, 4) is 0 Å². The molecule has 2 aliphatic rings. The van der Waals surface area contributed by atoms with Crippen LogP contribution in [0.2, 0.25) is 0 Å². The zero-order valence-corrected chi connectivity index (χ0v) is 12.9. The largest absolute Gasteiger partial charge is 0.393 e. The third kappa shape index (κ3) is 2.67. The lowest BCUT2D eigenvalue weighted by Crippen LogP contribution is -2.38. The maximum absolute atomic E-state index is 10.1. The van der Waals surface area contributed by atoms with E-state index in [9.17, 15) is 5.11 Å². The van der Waals surface area contributed by atoms with E-state index in [1.54, 1.807) is 0 Å². The molecule has 0 spiro atoms. The van der Waals surface area contributed by atoms with Gasteiger partial charge in [-0.1, -0.05) is 6.42 Å². The van der Waals surface area contributed by atoms with Crippen LogP contribution >= 0.6 is 27.3 Å². The van der Waals surface area contributed by atoms with E-state index in [0.29, 0.717) is 12.0 Å². The summed E-state index contributed by atoms with van der Waals surface area (Å²) in [5, 5.41) is 10.1. The Hall–Kier alpha value is 0.1000. The molecule has 0 bridgehead atoms. The van der Waals surface area contributed by atoms with Gasteiger partial charge in [-0.3, -0.25) is 4.90 Å². The molecule has 1 aliphatic heterocycles. The first-order chi connectivity index (χ1) is 8.74. The second-order valence-corrected chi connectivity index (χ2v) is 8.10. The predicted octanol–water partition coefficient (Wildman–Crippen LogP) is 3.64. The number of halogens is 1. The van der Waals surface area contributed by atoms with Crippen LogP contribution in [0.25, 0.3) is 0 Å². The highest BCUT2D eigenvalue weighted by atomic mass is 79.9. The summed E-state index contributed by atoms with van der Waals surface area (Å²) >= 11 is 5.36. The van der Waals surface area contributed by atoms with Crippen molar-refractivity contribution in [2.75, 3.05) is 6.54 Å². The van der Waals surface area contributed by atoms with Crippen LogP contribution in [0.4, 0.5) is 0 Å². The molecule has 3 rings (SSSR count). The lowest BCUT2D eigenvalue weighted by atomic mass is 9.94. The fourth-order valence-electron chi connectivity index (χ4n) is 3.59. The Kier molecular flexibility index (Phi) is 4.09. The van der Waals surface area contributed by atoms with Crippen LogP contribution < -0.4 is 0 Å². The Morgan fingerprint density at radius 2 is 2.17 bits per heavy atom. The van der Waals surface area contributed by atoms with Gasteiger partial charge < -0.3 is 5.11 Å². The number of aliphatic hydroxyl groups is 1. The van der Waals surface area contributed by atoms with Gasteiger partial charge in [0.1, 0.15) is 0 Å². The van der Waals surface area contributed by atoms with E-state index >= 15 is 0 Å². The second kappa shape index (κ2) is 5.61. The molecule has 1 saturated carbocycles. The minimum atomic E-state index is -0.0503. The van der Waals surface area contributed by atoms with E-state index in [0.717, 1.165) is 13.0 Å². The van der Waals surface area contributed by atoms with Gasteiger partial charge in [-0.15, -0.1) is 11.3 Å². The van der Waals surface area contributed by atoms with E-state index in [1.807, 2.05) is 11.3 Å². The van der Waals surface area contributed by atoms with Gasteiger partial charge in [0.15, 0.2) is 0 Å². The summed E-state index contributed by atoms with van der Waals surface area (Å²) in [5.41, 5.74) is 0. The van der Waals surface area contributed by atoms with Crippen molar-refractivity contribution >= 4 is 27.3 Å². The molecule has 1 aromatic heterocycles. The van der Waals surface area contributed by atoms with Crippen LogP contribution in [0.15, 0.2) is 15.9 Å². The van der Waals surface area contributed by atoms with Crippen molar-refractivity contribution in [3.63, 3.8) is 0 Å². The van der Waals surface area contributed by atoms with Crippen LogP contribution in [0.1, 0.15) is 37.0 Å². The second-order valence-electron chi connectivity index (χ2n) is 5.55. The highest BCUT2D eigenvalue weighted by Gasteiger charge is 2.38. The summed E-state index contributed by atoms with van der Waals surface area (Å²) in [7, 11) is 0. The van der Waals surface area contributed by atoms with Gasteiger partial charge in [-0.2, -0.15) is 0 Å². The molecule has 2 heterocycles. The Labute approximate surface area is 121 Å². The maximum atomic E-state index is 10.1. The predicted molar refractivity (Wildman–Crippen MR) is 78.8 cm³/mol. The smallest absolute Gasteiger partial charge is 0.0701 e. The highest BCUT2D eigenvalue weighted by Crippen LogP contribution is 2.37. The van der Waals surface area contributed by atoms with Gasteiger partial charge in [0, 0.05) is 23.4 Å². The molecule has 4 heteroatoms. The molecule has 1 saturated heterocycles. The zero-order valence-electron chi connectivity index (χ0n) is 10.5. The minimum Gasteiger partial charge on any atom is -0.393 e. The number of hydrogen-bond acceptors (Lipinski definition) is 3. The van der Waals surface area contributed by atoms with Gasteiger partial charge >= 0.3 is 0 Å². The lowest BCUT2D eigenvalue weighted by Gasteiger charge is -2.30. The molecule has 18 heavy (non-hydrogen) atoms. The van der Waals surface area contributed by atoms with E-state index in [4.69, 9.17) is 0 Å². The van der Waals surface area contributed by atoms with E-state index in [-0.39, 0.29) is 6.10 Å². The molecule has 3 unspecified atom stereocenters. The maximum Gasteiger partial charge on any atom is 0.0701 e. The topological polar surface area (TPSA) is 23.5 Å². The summed E-state index contributed by atoms with van der Waals surface area (Å²) in [4.78, 5) is 4.03. The normalized spacial score (nSPS) is 33.3. The number of aliphatic hydroxyl groups excluding tert-OH is 1. The first-order valence-electron chi connectivity index (χ1n) is 6.90. The zero-order chi connectivity index (χ0) is 12.5.